The van der Waals surface area contributed by atoms with Crippen LogP contribution in [0.15, 0.2) is 53.4 Å². The van der Waals surface area contributed by atoms with Gasteiger partial charge in [0.1, 0.15) is 5.75 Å². The van der Waals surface area contributed by atoms with Gasteiger partial charge in [-0.1, -0.05) is 37.3 Å². The van der Waals surface area contributed by atoms with E-state index < -0.39 is 0 Å². The maximum Gasteiger partial charge on any atom is 0.123 e. The van der Waals surface area contributed by atoms with Crippen LogP contribution in [0.1, 0.15) is 26.2 Å². The molecule has 0 aliphatic carbocycles. The highest BCUT2D eigenvalue weighted by atomic mass is 32.2. The number of hydrogen-bond acceptors (Lipinski definition) is 3. The van der Waals surface area contributed by atoms with E-state index >= 15 is 0 Å². The smallest absolute Gasteiger partial charge is 0.123 e. The van der Waals surface area contributed by atoms with E-state index in [9.17, 15) is 5.11 Å². The van der Waals surface area contributed by atoms with E-state index in [0.29, 0.717) is 17.0 Å². The van der Waals surface area contributed by atoms with Crippen LogP contribution in [-0.4, -0.2) is 34.9 Å². The van der Waals surface area contributed by atoms with Crippen molar-refractivity contribution in [2.75, 3.05) is 13.6 Å². The third-order valence-corrected chi connectivity index (χ3v) is 6.08. The number of aromatic hydroxyl groups is 1. The molecule has 0 radical (unpaired) electrons. The summed E-state index contributed by atoms with van der Waals surface area (Å²) in [5, 5.41) is 10.9. The molecule has 23 heavy (non-hydrogen) atoms. The molecule has 2 nitrogen and oxygen atoms in total. The van der Waals surface area contributed by atoms with Crippen molar-refractivity contribution >= 4 is 11.8 Å². The molecule has 1 saturated heterocycles. The van der Waals surface area contributed by atoms with E-state index in [1.165, 1.54) is 30.7 Å². The Labute approximate surface area is 143 Å². The maximum atomic E-state index is 10.2. The van der Waals surface area contributed by atoms with Crippen molar-refractivity contribution in [1.29, 1.82) is 0 Å². The fourth-order valence-corrected chi connectivity index (χ4v) is 4.61. The van der Waals surface area contributed by atoms with Crippen LogP contribution in [0.25, 0.3) is 11.1 Å². The Morgan fingerprint density at radius 1 is 1.17 bits per heavy atom. The molecule has 2 atom stereocenters. The van der Waals surface area contributed by atoms with Crippen molar-refractivity contribution in [3.05, 3.63) is 48.5 Å². The van der Waals surface area contributed by atoms with Gasteiger partial charge >= 0.3 is 0 Å². The van der Waals surface area contributed by atoms with Crippen molar-refractivity contribution in [2.24, 2.45) is 0 Å². The normalized spacial score (nSPS) is 22.2. The highest BCUT2D eigenvalue weighted by Gasteiger charge is 2.25. The van der Waals surface area contributed by atoms with Gasteiger partial charge in [0, 0.05) is 21.8 Å². The van der Waals surface area contributed by atoms with E-state index in [4.69, 9.17) is 0 Å². The monoisotopic (exact) mass is 327 g/mol. The first-order chi connectivity index (χ1) is 11.2. The van der Waals surface area contributed by atoms with Crippen molar-refractivity contribution in [1.82, 2.24) is 4.90 Å². The van der Waals surface area contributed by atoms with Gasteiger partial charge in [-0.3, -0.25) is 0 Å². The molecule has 1 fully saturated rings. The Morgan fingerprint density at radius 2 is 1.96 bits per heavy atom. The van der Waals surface area contributed by atoms with Crippen molar-refractivity contribution in [3.8, 4) is 16.9 Å². The van der Waals surface area contributed by atoms with Gasteiger partial charge in [-0.05, 0) is 56.6 Å². The molecule has 3 heteroatoms. The maximum absolute atomic E-state index is 10.2. The number of likely N-dealkylation sites (tertiary alicyclic amines) is 1. The second kappa shape index (κ2) is 7.41. The van der Waals surface area contributed by atoms with Crippen LogP contribution in [0.4, 0.5) is 0 Å². The lowest BCUT2D eigenvalue weighted by Crippen LogP contribution is -2.40. The van der Waals surface area contributed by atoms with Crippen LogP contribution >= 0.6 is 11.8 Å². The van der Waals surface area contributed by atoms with Crippen LogP contribution in [0.2, 0.25) is 0 Å². The van der Waals surface area contributed by atoms with Crippen LogP contribution in [-0.2, 0) is 0 Å². The van der Waals surface area contributed by atoms with Gasteiger partial charge < -0.3 is 10.0 Å². The van der Waals surface area contributed by atoms with E-state index in [1.54, 1.807) is 0 Å². The summed E-state index contributed by atoms with van der Waals surface area (Å²) in [5.41, 5.74) is 2.00. The van der Waals surface area contributed by atoms with Crippen LogP contribution < -0.4 is 0 Å². The zero-order chi connectivity index (χ0) is 16.2. The van der Waals surface area contributed by atoms with Crippen LogP contribution in [0, 0.1) is 0 Å². The quantitative estimate of drug-likeness (QED) is 0.852. The topological polar surface area (TPSA) is 23.5 Å². The summed E-state index contributed by atoms with van der Waals surface area (Å²) in [7, 11) is 2.24. The zero-order valence-corrected chi connectivity index (χ0v) is 14.7. The SMILES string of the molecule is CC[C@H]1C[C@H](Sc2ccc(O)c(-c3ccccc3)c2)CCN1C. The minimum absolute atomic E-state index is 0.357. The molecule has 0 bridgehead atoms. The molecule has 3 rings (SSSR count). The molecule has 0 saturated carbocycles. The zero-order valence-electron chi connectivity index (χ0n) is 13.9. The number of phenols is 1. The van der Waals surface area contributed by atoms with Crippen molar-refractivity contribution in [3.63, 3.8) is 0 Å². The summed E-state index contributed by atoms with van der Waals surface area (Å²) in [6.07, 6.45) is 3.71. The van der Waals surface area contributed by atoms with Gasteiger partial charge in [-0.15, -0.1) is 11.8 Å². The molecule has 2 aromatic rings. The second-order valence-electron chi connectivity index (χ2n) is 6.35. The standard InChI is InChI=1S/C20H25NOS/c1-3-16-13-18(11-12-21(16)2)23-17-9-10-20(22)19(14-17)15-7-5-4-6-8-15/h4-10,14,16,18,22H,3,11-13H2,1-2H3/t16-,18+/m0/s1. The molecule has 122 valence electrons. The lowest BCUT2D eigenvalue weighted by atomic mass is 10.0. The lowest BCUT2D eigenvalue weighted by Gasteiger charge is -2.36. The van der Waals surface area contributed by atoms with Gasteiger partial charge in [-0.25, -0.2) is 0 Å². The molecule has 1 aliphatic heterocycles. The highest BCUT2D eigenvalue weighted by Crippen LogP contribution is 2.37. The third-order valence-electron chi connectivity index (χ3n) is 4.79. The highest BCUT2D eigenvalue weighted by molar-refractivity contribution is 8.00. The summed E-state index contributed by atoms with van der Waals surface area (Å²) >= 11 is 1.97. The second-order valence-corrected chi connectivity index (χ2v) is 7.73. The van der Waals surface area contributed by atoms with Crippen LogP contribution in [0.5, 0.6) is 5.75 Å². The van der Waals surface area contributed by atoms with E-state index in [-0.39, 0.29) is 0 Å². The predicted molar refractivity (Wildman–Crippen MR) is 99.1 cm³/mol. The largest absolute Gasteiger partial charge is 0.507 e. The van der Waals surface area contributed by atoms with Gasteiger partial charge in [0.05, 0.1) is 0 Å². The van der Waals surface area contributed by atoms with Gasteiger partial charge in [0.2, 0.25) is 0 Å². The average molecular weight is 327 g/mol. The van der Waals surface area contributed by atoms with E-state index in [1.807, 2.05) is 54.2 Å². The third kappa shape index (κ3) is 3.91. The predicted octanol–water partition coefficient (Wildman–Crippen LogP) is 5.02. The Balaban J connectivity index is 1.77. The minimum atomic E-state index is 0.357. The van der Waals surface area contributed by atoms with Crippen molar-refractivity contribution < 1.29 is 5.11 Å². The van der Waals surface area contributed by atoms with E-state index in [0.717, 1.165) is 11.1 Å². The summed E-state index contributed by atoms with van der Waals surface area (Å²) in [6.45, 7) is 3.46. The molecule has 0 aromatic heterocycles. The molecule has 2 aromatic carbocycles. The number of benzene rings is 2. The number of rotatable bonds is 4. The first-order valence-electron chi connectivity index (χ1n) is 8.42. The number of thioether (sulfide) groups is 1. The summed E-state index contributed by atoms with van der Waals surface area (Å²) < 4.78 is 0. The first kappa shape index (κ1) is 16.4. The molecule has 0 unspecified atom stereocenters. The fourth-order valence-electron chi connectivity index (χ4n) is 3.35. The van der Waals surface area contributed by atoms with Crippen molar-refractivity contribution in [2.45, 2.75) is 42.4 Å². The van der Waals surface area contributed by atoms with Gasteiger partial charge in [0.15, 0.2) is 0 Å². The molecule has 1 N–H and O–H groups in total. The lowest BCUT2D eigenvalue weighted by molar-refractivity contribution is 0.185. The number of piperidine rings is 1. The first-order valence-corrected chi connectivity index (χ1v) is 9.30. The molecular weight excluding hydrogens is 302 g/mol. The molecule has 1 heterocycles. The Hall–Kier alpha value is -1.45. The Bertz CT molecular complexity index is 643. The van der Waals surface area contributed by atoms with Gasteiger partial charge in [-0.2, -0.15) is 0 Å². The van der Waals surface area contributed by atoms with E-state index in [2.05, 4.69) is 24.9 Å². The molecule has 0 spiro atoms. The number of nitrogens with zero attached hydrogens (tertiary/aromatic N) is 1. The van der Waals surface area contributed by atoms with Gasteiger partial charge in [0.25, 0.3) is 0 Å². The molecule has 0 amide bonds. The number of phenolic OH excluding ortho intramolecular Hbond substituents is 1. The molecular formula is C20H25NOS. The number of hydrogen-bond donors (Lipinski definition) is 1. The Morgan fingerprint density at radius 3 is 2.70 bits per heavy atom. The Kier molecular flexibility index (Phi) is 5.29. The minimum Gasteiger partial charge on any atom is -0.507 e. The summed E-state index contributed by atoms with van der Waals surface area (Å²) in [6, 6.07) is 16.8. The van der Waals surface area contributed by atoms with Crippen LogP contribution in [0.3, 0.4) is 0 Å². The summed E-state index contributed by atoms with van der Waals surface area (Å²) in [5.74, 6) is 0.357. The summed E-state index contributed by atoms with van der Waals surface area (Å²) in [4.78, 5) is 3.74. The molecule has 1 aliphatic rings. The fraction of sp³-hybridized carbons (Fsp3) is 0.400. The average Bonchev–Trinajstić information content (AvgIpc) is 2.59.